The van der Waals surface area contributed by atoms with E-state index in [1.54, 1.807) is 61.5 Å². The number of hydrogen-bond donors (Lipinski definition) is 1. The van der Waals surface area contributed by atoms with E-state index in [2.05, 4.69) is 15.3 Å². The second-order valence-corrected chi connectivity index (χ2v) is 9.46. The predicted octanol–water partition coefficient (Wildman–Crippen LogP) is 3.78. The highest BCUT2D eigenvalue weighted by atomic mass is 35.5. The molecule has 0 heterocycles. The van der Waals surface area contributed by atoms with Gasteiger partial charge < -0.3 is 4.74 Å². The number of benzene rings is 3. The number of nitrogens with zero attached hydrogens (tertiary/aromatic N) is 2. The summed E-state index contributed by atoms with van der Waals surface area (Å²) in [6.07, 6.45) is 1.37. The summed E-state index contributed by atoms with van der Waals surface area (Å²) in [7, 11) is -2.77. The van der Waals surface area contributed by atoms with Crippen molar-refractivity contribution >= 4 is 45.4 Å². The van der Waals surface area contributed by atoms with E-state index in [0.717, 1.165) is 4.31 Å². The van der Waals surface area contributed by atoms with Crippen molar-refractivity contribution in [2.24, 2.45) is 5.10 Å². The average molecular weight is 500 g/mol. The molecule has 0 aliphatic rings. The Morgan fingerprint density at radius 1 is 1.06 bits per heavy atom. The molecule has 8 nitrogen and oxygen atoms in total. The van der Waals surface area contributed by atoms with Crippen LogP contribution in [0.15, 0.2) is 82.8 Å². The highest BCUT2D eigenvalue weighted by molar-refractivity contribution is 7.92. The predicted molar refractivity (Wildman–Crippen MR) is 131 cm³/mol. The highest BCUT2D eigenvalue weighted by Crippen LogP contribution is 2.29. The number of ether oxygens (including phenoxy) is 1. The molecule has 1 amide bonds. The van der Waals surface area contributed by atoms with Gasteiger partial charge in [-0.05, 0) is 54.4 Å². The van der Waals surface area contributed by atoms with Gasteiger partial charge in [-0.1, -0.05) is 48.0 Å². The van der Waals surface area contributed by atoms with E-state index in [0.29, 0.717) is 21.7 Å². The zero-order valence-corrected chi connectivity index (χ0v) is 20.0. The number of halogens is 1. The molecule has 176 valence electrons. The normalized spacial score (nSPS) is 11.3. The Kier molecular flexibility index (Phi) is 8.04. The topological polar surface area (TPSA) is 105 Å². The number of anilines is 1. The Balaban J connectivity index is 1.81. The lowest BCUT2D eigenvalue weighted by atomic mass is 10.1. The summed E-state index contributed by atoms with van der Waals surface area (Å²) in [5.41, 5.74) is 4.25. The van der Waals surface area contributed by atoms with E-state index in [4.69, 9.17) is 11.6 Å². The highest BCUT2D eigenvalue weighted by Gasteiger charge is 2.28. The minimum absolute atomic E-state index is 0.0383. The lowest BCUT2D eigenvalue weighted by Crippen LogP contribution is -2.40. The van der Waals surface area contributed by atoms with Crippen molar-refractivity contribution in [3.8, 4) is 0 Å². The van der Waals surface area contributed by atoms with Gasteiger partial charge in [0.25, 0.3) is 15.9 Å². The number of nitrogens with one attached hydrogen (secondary N) is 1. The summed E-state index contributed by atoms with van der Waals surface area (Å²) >= 11 is 6.11. The number of carbonyl (C=O) groups excluding carboxylic acids is 2. The fraction of sp³-hybridized carbons (Fsp3) is 0.125. The summed E-state index contributed by atoms with van der Waals surface area (Å²) in [5, 5.41) is 4.23. The molecule has 3 aromatic rings. The first-order valence-electron chi connectivity index (χ1n) is 10.1. The minimum atomic E-state index is -4.06. The summed E-state index contributed by atoms with van der Waals surface area (Å²) in [6, 6.07) is 19.0. The molecule has 0 radical (unpaired) electrons. The molecule has 0 aliphatic carbocycles. The smallest absolute Gasteiger partial charge is 0.337 e. The van der Waals surface area contributed by atoms with E-state index >= 15 is 0 Å². The van der Waals surface area contributed by atoms with Crippen LogP contribution in [0, 0.1) is 6.92 Å². The SMILES string of the molecule is COC(=O)c1ccc(/C=N\NC(=O)CN(c2cc(Cl)ccc2C)S(=O)(=O)c2ccccc2)cc1. The van der Waals surface area contributed by atoms with Crippen LogP contribution in [-0.4, -0.2) is 40.2 Å². The quantitative estimate of drug-likeness (QED) is 0.288. The maximum Gasteiger partial charge on any atom is 0.337 e. The molecular formula is C24H22ClN3O5S. The average Bonchev–Trinajstić information content (AvgIpc) is 2.84. The van der Waals surface area contributed by atoms with Gasteiger partial charge in [0.1, 0.15) is 6.54 Å². The van der Waals surface area contributed by atoms with Crippen molar-refractivity contribution in [3.63, 3.8) is 0 Å². The number of sulfonamides is 1. The number of rotatable bonds is 8. The number of hydrogen-bond acceptors (Lipinski definition) is 6. The first-order chi connectivity index (χ1) is 16.2. The van der Waals surface area contributed by atoms with Crippen LogP contribution >= 0.6 is 11.6 Å². The molecule has 10 heteroatoms. The van der Waals surface area contributed by atoms with Crippen molar-refractivity contribution in [1.82, 2.24) is 5.43 Å². The van der Waals surface area contributed by atoms with Gasteiger partial charge in [-0.25, -0.2) is 18.6 Å². The number of amides is 1. The Bertz CT molecular complexity index is 1310. The van der Waals surface area contributed by atoms with Crippen LogP contribution in [0.25, 0.3) is 0 Å². The molecule has 0 saturated heterocycles. The summed E-state index contributed by atoms with van der Waals surface area (Å²) in [6.45, 7) is 1.21. The van der Waals surface area contributed by atoms with Crippen molar-refractivity contribution in [1.29, 1.82) is 0 Å². The van der Waals surface area contributed by atoms with Crippen molar-refractivity contribution in [3.05, 3.63) is 94.5 Å². The fourth-order valence-corrected chi connectivity index (χ4v) is 4.70. The third kappa shape index (κ3) is 6.00. The van der Waals surface area contributed by atoms with Gasteiger partial charge in [-0.3, -0.25) is 9.10 Å². The summed E-state index contributed by atoms with van der Waals surface area (Å²) in [5.74, 6) is -1.12. The number of esters is 1. The van der Waals surface area contributed by atoms with Crippen molar-refractivity contribution in [2.75, 3.05) is 18.0 Å². The van der Waals surface area contributed by atoms with Crippen LogP contribution in [0.1, 0.15) is 21.5 Å². The summed E-state index contributed by atoms with van der Waals surface area (Å²) < 4.78 is 32.4. The van der Waals surface area contributed by atoms with E-state index in [1.807, 2.05) is 0 Å². The number of hydrazone groups is 1. The maximum absolute atomic E-state index is 13.4. The van der Waals surface area contributed by atoms with Crippen LogP contribution in [-0.2, 0) is 19.6 Å². The van der Waals surface area contributed by atoms with Crippen molar-refractivity contribution in [2.45, 2.75) is 11.8 Å². The van der Waals surface area contributed by atoms with E-state index in [1.165, 1.54) is 31.5 Å². The molecule has 1 N–H and O–H groups in total. The van der Waals surface area contributed by atoms with Crippen molar-refractivity contribution < 1.29 is 22.7 Å². The van der Waals surface area contributed by atoms with Crippen LogP contribution < -0.4 is 9.73 Å². The largest absolute Gasteiger partial charge is 0.465 e. The lowest BCUT2D eigenvalue weighted by Gasteiger charge is -2.25. The molecule has 0 spiro atoms. The van der Waals surface area contributed by atoms with E-state index in [-0.39, 0.29) is 10.6 Å². The molecule has 3 aromatic carbocycles. The first kappa shape index (κ1) is 24.9. The van der Waals surface area contributed by atoms with E-state index in [9.17, 15) is 18.0 Å². The van der Waals surface area contributed by atoms with Gasteiger partial charge in [0.2, 0.25) is 0 Å². The molecule has 0 aromatic heterocycles. The Morgan fingerprint density at radius 2 is 1.74 bits per heavy atom. The van der Waals surface area contributed by atoms with Crippen LogP contribution in [0.2, 0.25) is 5.02 Å². The lowest BCUT2D eigenvalue weighted by molar-refractivity contribution is -0.119. The van der Waals surface area contributed by atoms with Gasteiger partial charge in [-0.15, -0.1) is 0 Å². The molecule has 34 heavy (non-hydrogen) atoms. The summed E-state index contributed by atoms with van der Waals surface area (Å²) in [4.78, 5) is 24.2. The second-order valence-electron chi connectivity index (χ2n) is 7.16. The number of carbonyl (C=O) groups is 2. The molecule has 0 aliphatic heterocycles. The molecule has 0 unspecified atom stereocenters. The van der Waals surface area contributed by atoms with Gasteiger partial charge in [0.15, 0.2) is 0 Å². The molecular weight excluding hydrogens is 478 g/mol. The number of aryl methyl sites for hydroxylation is 1. The van der Waals surface area contributed by atoms with Gasteiger partial charge in [0.05, 0.1) is 29.5 Å². The first-order valence-corrected chi connectivity index (χ1v) is 11.9. The number of methoxy groups -OCH3 is 1. The Hall–Kier alpha value is -3.69. The standard InChI is InChI=1S/C24H22ClN3O5S/c1-17-8-13-20(25)14-22(17)28(34(31,32)21-6-4-3-5-7-21)16-23(29)27-26-15-18-9-11-19(12-10-18)24(30)33-2/h3-15H,16H2,1-2H3,(H,27,29)/b26-15-. The van der Waals surface area contributed by atoms with E-state index < -0.39 is 28.4 Å². The van der Waals surface area contributed by atoms with Crippen LogP contribution in [0.4, 0.5) is 5.69 Å². The Morgan fingerprint density at radius 3 is 2.38 bits per heavy atom. The third-order valence-electron chi connectivity index (χ3n) is 4.79. The molecule has 0 fully saturated rings. The van der Waals surface area contributed by atoms with Crippen LogP contribution in [0.5, 0.6) is 0 Å². The fourth-order valence-electron chi connectivity index (χ4n) is 3.04. The molecule has 0 bridgehead atoms. The van der Waals surface area contributed by atoms with Crippen LogP contribution in [0.3, 0.4) is 0 Å². The minimum Gasteiger partial charge on any atom is -0.465 e. The van der Waals surface area contributed by atoms with Gasteiger partial charge >= 0.3 is 5.97 Å². The van der Waals surface area contributed by atoms with Gasteiger partial charge in [-0.2, -0.15) is 5.10 Å². The molecule has 0 atom stereocenters. The molecule has 0 saturated carbocycles. The maximum atomic E-state index is 13.4. The zero-order valence-electron chi connectivity index (χ0n) is 18.4. The zero-order chi connectivity index (χ0) is 24.7. The van der Waals surface area contributed by atoms with Gasteiger partial charge in [0, 0.05) is 5.02 Å². The third-order valence-corrected chi connectivity index (χ3v) is 6.80. The molecule has 3 rings (SSSR count). The monoisotopic (exact) mass is 499 g/mol. The second kappa shape index (κ2) is 11.0. The Labute approximate surface area is 202 Å².